The van der Waals surface area contributed by atoms with E-state index in [0.717, 1.165) is 16.7 Å². The second-order valence-corrected chi connectivity index (χ2v) is 10.5. The molecular weight excluding hydrogens is 494 g/mol. The van der Waals surface area contributed by atoms with Crippen molar-refractivity contribution in [3.8, 4) is 0 Å². The molecule has 2 atom stereocenters. The summed E-state index contributed by atoms with van der Waals surface area (Å²) in [6, 6.07) is 31.1. The Bertz CT molecular complexity index is 1130. The summed E-state index contributed by atoms with van der Waals surface area (Å²) in [5.41, 5.74) is 3.48. The average Bonchev–Trinajstić information content (AvgIpc) is 3.37. The van der Waals surface area contributed by atoms with Gasteiger partial charge in [-0.15, -0.1) is 11.8 Å². The highest BCUT2D eigenvalue weighted by Gasteiger charge is 2.44. The number of thioether (sulfide) groups is 1. The Morgan fingerprint density at radius 3 is 1.92 bits per heavy atom. The van der Waals surface area contributed by atoms with Crippen molar-refractivity contribution >= 4 is 23.8 Å². The standard InChI is InChI=1S/C32H33NO4S/c1-3-22-37-31(35)33-24-29(23-28(33)20-21-30(34)36-4-2)38-32(25-14-8-5-9-15-25,26-16-10-6-11-17-26)27-18-12-7-13-19-27/h3,5-21,28-29H,1,4,22-24H2,2H3. The van der Waals surface area contributed by atoms with Crippen molar-refractivity contribution in [2.75, 3.05) is 19.8 Å². The van der Waals surface area contributed by atoms with Crippen LogP contribution in [0.5, 0.6) is 0 Å². The van der Waals surface area contributed by atoms with E-state index in [2.05, 4.69) is 79.4 Å². The van der Waals surface area contributed by atoms with Crippen LogP contribution >= 0.6 is 11.8 Å². The second-order valence-electron chi connectivity index (χ2n) is 8.95. The van der Waals surface area contributed by atoms with Gasteiger partial charge in [0.25, 0.3) is 0 Å². The number of hydrogen-bond donors (Lipinski definition) is 0. The lowest BCUT2D eigenvalue weighted by Crippen LogP contribution is -2.36. The molecule has 0 bridgehead atoms. The van der Waals surface area contributed by atoms with Gasteiger partial charge in [-0.3, -0.25) is 0 Å². The molecule has 1 aliphatic heterocycles. The zero-order valence-corrected chi connectivity index (χ0v) is 22.4. The number of nitrogens with zero attached hydrogens (tertiary/aromatic N) is 1. The molecule has 0 saturated carbocycles. The van der Waals surface area contributed by atoms with Crippen LogP contribution in [-0.4, -0.2) is 48.0 Å². The summed E-state index contributed by atoms with van der Waals surface area (Å²) in [5, 5.41) is 0.0590. The molecule has 0 spiro atoms. The Hall–Kier alpha value is -3.77. The Kier molecular flexibility index (Phi) is 9.44. The van der Waals surface area contributed by atoms with Crippen LogP contribution in [0.1, 0.15) is 30.0 Å². The van der Waals surface area contributed by atoms with E-state index >= 15 is 0 Å². The molecule has 0 N–H and O–H groups in total. The molecular formula is C32H33NO4S. The normalized spacial score (nSPS) is 17.3. The van der Waals surface area contributed by atoms with Gasteiger partial charge in [-0.2, -0.15) is 0 Å². The van der Waals surface area contributed by atoms with Crippen molar-refractivity contribution in [3.05, 3.63) is 132 Å². The molecule has 38 heavy (non-hydrogen) atoms. The molecule has 0 aromatic heterocycles. The van der Waals surface area contributed by atoms with E-state index in [4.69, 9.17) is 9.47 Å². The molecule has 1 aliphatic rings. The topological polar surface area (TPSA) is 55.8 Å². The molecule has 2 unspecified atom stereocenters. The summed E-state index contributed by atoms with van der Waals surface area (Å²) in [4.78, 5) is 26.8. The smallest absolute Gasteiger partial charge is 0.410 e. The van der Waals surface area contributed by atoms with E-state index in [1.54, 1.807) is 24.0 Å². The predicted molar refractivity (Wildman–Crippen MR) is 153 cm³/mol. The minimum atomic E-state index is -0.509. The van der Waals surface area contributed by atoms with Crippen LogP contribution in [0.2, 0.25) is 0 Å². The molecule has 196 valence electrons. The van der Waals surface area contributed by atoms with Crippen molar-refractivity contribution in [2.45, 2.75) is 29.4 Å². The molecule has 3 aromatic carbocycles. The van der Waals surface area contributed by atoms with Crippen molar-refractivity contribution in [1.82, 2.24) is 4.90 Å². The van der Waals surface area contributed by atoms with E-state index in [-0.39, 0.29) is 17.9 Å². The zero-order valence-electron chi connectivity index (χ0n) is 21.6. The zero-order chi connectivity index (χ0) is 26.8. The van der Waals surface area contributed by atoms with Gasteiger partial charge in [0, 0.05) is 17.9 Å². The summed E-state index contributed by atoms with van der Waals surface area (Å²) in [6.07, 6.45) is 4.96. The Labute approximate surface area is 229 Å². The molecule has 1 heterocycles. The molecule has 6 heteroatoms. The van der Waals surface area contributed by atoms with Crippen LogP contribution < -0.4 is 0 Å². The van der Waals surface area contributed by atoms with Crippen LogP contribution in [0.25, 0.3) is 0 Å². The first kappa shape index (κ1) is 27.3. The summed E-state index contributed by atoms with van der Waals surface area (Å²) in [7, 11) is 0. The predicted octanol–water partition coefficient (Wildman–Crippen LogP) is 6.60. The minimum absolute atomic E-state index is 0.0590. The van der Waals surface area contributed by atoms with Gasteiger partial charge in [0.15, 0.2) is 0 Å². The van der Waals surface area contributed by atoms with Gasteiger partial charge in [0.1, 0.15) is 6.61 Å². The molecule has 0 radical (unpaired) electrons. The van der Waals surface area contributed by atoms with Crippen LogP contribution in [-0.2, 0) is 19.0 Å². The summed E-state index contributed by atoms with van der Waals surface area (Å²) >= 11 is 1.83. The van der Waals surface area contributed by atoms with Gasteiger partial charge in [-0.05, 0) is 30.0 Å². The highest BCUT2D eigenvalue weighted by molar-refractivity contribution is 8.01. The SMILES string of the molecule is C=CCOC(=O)N1CC(SC(c2ccccc2)(c2ccccc2)c2ccccc2)CC1C=CC(=O)OCC. The Morgan fingerprint density at radius 1 is 0.921 bits per heavy atom. The molecule has 4 rings (SSSR count). The maximum Gasteiger partial charge on any atom is 0.410 e. The van der Waals surface area contributed by atoms with E-state index in [9.17, 15) is 9.59 Å². The van der Waals surface area contributed by atoms with Gasteiger partial charge in [0.2, 0.25) is 0 Å². The van der Waals surface area contributed by atoms with Crippen LogP contribution in [0.15, 0.2) is 116 Å². The maximum absolute atomic E-state index is 13.0. The lowest BCUT2D eigenvalue weighted by molar-refractivity contribution is -0.137. The van der Waals surface area contributed by atoms with Gasteiger partial charge in [-0.25, -0.2) is 9.59 Å². The molecule has 3 aromatic rings. The van der Waals surface area contributed by atoms with Gasteiger partial charge >= 0.3 is 12.1 Å². The first-order chi connectivity index (χ1) is 18.6. The molecule has 1 saturated heterocycles. The molecule has 1 fully saturated rings. The van der Waals surface area contributed by atoms with Crippen molar-refractivity contribution in [3.63, 3.8) is 0 Å². The fraction of sp³-hybridized carbons (Fsp3) is 0.250. The summed E-state index contributed by atoms with van der Waals surface area (Å²) < 4.78 is 9.96. The highest BCUT2D eigenvalue weighted by atomic mass is 32.2. The second kappa shape index (κ2) is 13.2. The quantitative estimate of drug-likeness (QED) is 0.129. The first-order valence-electron chi connectivity index (χ1n) is 12.8. The Morgan fingerprint density at radius 2 is 1.45 bits per heavy atom. The number of esters is 1. The number of carbonyl (C=O) groups excluding carboxylic acids is 2. The van der Waals surface area contributed by atoms with Crippen LogP contribution in [0, 0.1) is 0 Å². The van der Waals surface area contributed by atoms with Crippen molar-refractivity contribution in [2.24, 2.45) is 0 Å². The third-order valence-electron chi connectivity index (χ3n) is 6.49. The number of rotatable bonds is 10. The summed E-state index contributed by atoms with van der Waals surface area (Å²) in [6.45, 7) is 6.32. The molecule has 0 aliphatic carbocycles. The number of hydrogen-bond acceptors (Lipinski definition) is 5. The van der Waals surface area contributed by atoms with E-state index in [0.29, 0.717) is 19.6 Å². The average molecular weight is 528 g/mol. The van der Waals surface area contributed by atoms with Gasteiger partial charge in [-0.1, -0.05) is 110 Å². The van der Waals surface area contributed by atoms with Gasteiger partial charge < -0.3 is 14.4 Å². The van der Waals surface area contributed by atoms with Crippen LogP contribution in [0.4, 0.5) is 4.79 Å². The number of carbonyl (C=O) groups is 2. The third kappa shape index (κ3) is 6.20. The Balaban J connectivity index is 1.75. The lowest BCUT2D eigenvalue weighted by atomic mass is 9.84. The number of amides is 1. The van der Waals surface area contributed by atoms with Gasteiger partial charge in [0.05, 0.1) is 17.4 Å². The van der Waals surface area contributed by atoms with Crippen molar-refractivity contribution < 1.29 is 19.1 Å². The fourth-order valence-corrected chi connectivity index (χ4v) is 6.71. The van der Waals surface area contributed by atoms with E-state index in [1.165, 1.54) is 6.08 Å². The van der Waals surface area contributed by atoms with E-state index in [1.807, 2.05) is 30.0 Å². The van der Waals surface area contributed by atoms with Crippen molar-refractivity contribution in [1.29, 1.82) is 0 Å². The minimum Gasteiger partial charge on any atom is -0.463 e. The third-order valence-corrected chi connectivity index (χ3v) is 8.23. The summed E-state index contributed by atoms with van der Waals surface area (Å²) in [5.74, 6) is -0.421. The van der Waals surface area contributed by atoms with Crippen LogP contribution in [0.3, 0.4) is 0 Å². The number of ether oxygens (including phenoxy) is 2. The fourth-order valence-electron chi connectivity index (χ4n) is 4.87. The lowest BCUT2D eigenvalue weighted by Gasteiger charge is -2.37. The van der Waals surface area contributed by atoms with E-state index < -0.39 is 16.8 Å². The number of benzene rings is 3. The maximum atomic E-state index is 13.0. The first-order valence-corrected chi connectivity index (χ1v) is 13.7. The molecule has 1 amide bonds. The highest BCUT2D eigenvalue weighted by Crippen LogP contribution is 2.52. The number of likely N-dealkylation sites (tertiary alicyclic amines) is 1. The largest absolute Gasteiger partial charge is 0.463 e. The molecule has 5 nitrogen and oxygen atoms in total. The monoisotopic (exact) mass is 527 g/mol.